The van der Waals surface area contributed by atoms with Crippen LogP contribution in [0.3, 0.4) is 0 Å². The van der Waals surface area contributed by atoms with Crippen molar-refractivity contribution < 1.29 is 13.5 Å². The Morgan fingerprint density at radius 2 is 2.00 bits per heavy atom. The van der Waals surface area contributed by atoms with Crippen molar-refractivity contribution in [1.82, 2.24) is 10.2 Å². The number of nitrogens with one attached hydrogen (secondary N) is 1. The molecule has 1 aromatic carbocycles. The van der Waals surface area contributed by atoms with Crippen LogP contribution in [-0.2, 0) is 4.74 Å². The molecule has 7 heteroatoms. The summed E-state index contributed by atoms with van der Waals surface area (Å²) < 4.78 is 32.3. The molecule has 0 aromatic heterocycles. The summed E-state index contributed by atoms with van der Waals surface area (Å²) in [6.07, 6.45) is 0.875. The quantitative estimate of drug-likeness (QED) is 0.489. The van der Waals surface area contributed by atoms with E-state index in [9.17, 15) is 8.78 Å². The van der Waals surface area contributed by atoms with Gasteiger partial charge in [-0.2, -0.15) is 0 Å². The summed E-state index contributed by atoms with van der Waals surface area (Å²) in [5.74, 6) is 0.0693. The van der Waals surface area contributed by atoms with E-state index in [4.69, 9.17) is 4.74 Å². The van der Waals surface area contributed by atoms with Gasteiger partial charge in [0.2, 0.25) is 0 Å². The Bertz CT molecular complexity index is 545. The standard InChI is InChI=1S/C17H26F2N4O/c1-3-20-17(21-7-4-12-24-2)23-10-8-22(9-11-23)16-13-14(18)5-6-15(16)19/h5-6,13H,3-4,7-12H2,1-2H3,(H,20,21). The number of ether oxygens (including phenoxy) is 1. The molecule has 0 radical (unpaired) electrons. The molecule has 1 heterocycles. The first-order chi connectivity index (χ1) is 11.7. The van der Waals surface area contributed by atoms with Gasteiger partial charge in [-0.15, -0.1) is 0 Å². The largest absolute Gasteiger partial charge is 0.385 e. The second-order valence-electron chi connectivity index (χ2n) is 5.65. The average molecular weight is 340 g/mol. The number of piperazine rings is 1. The van der Waals surface area contributed by atoms with Gasteiger partial charge in [0, 0.05) is 59.1 Å². The number of guanidine groups is 1. The Morgan fingerprint density at radius 1 is 1.25 bits per heavy atom. The van der Waals surface area contributed by atoms with E-state index in [-0.39, 0.29) is 5.82 Å². The van der Waals surface area contributed by atoms with Crippen molar-refractivity contribution >= 4 is 11.6 Å². The molecule has 1 aliphatic rings. The van der Waals surface area contributed by atoms with E-state index in [1.165, 1.54) is 12.1 Å². The number of hydrogen-bond donors (Lipinski definition) is 1. The van der Waals surface area contributed by atoms with E-state index in [1.807, 2.05) is 11.8 Å². The number of anilines is 1. The van der Waals surface area contributed by atoms with Crippen LogP contribution < -0.4 is 10.2 Å². The first kappa shape index (κ1) is 18.4. The zero-order chi connectivity index (χ0) is 17.4. The smallest absolute Gasteiger partial charge is 0.194 e. The third-order valence-corrected chi connectivity index (χ3v) is 3.93. The van der Waals surface area contributed by atoms with E-state index in [1.54, 1.807) is 7.11 Å². The van der Waals surface area contributed by atoms with Crippen LogP contribution in [0, 0.1) is 11.6 Å². The molecule has 0 bridgehead atoms. The van der Waals surface area contributed by atoms with Gasteiger partial charge >= 0.3 is 0 Å². The minimum atomic E-state index is -0.415. The SMILES string of the molecule is CCNC(=NCCCOC)N1CCN(c2cc(F)ccc2F)CC1. The van der Waals surface area contributed by atoms with Gasteiger partial charge in [-0.25, -0.2) is 8.78 Å². The molecule has 0 amide bonds. The molecule has 1 fully saturated rings. The van der Waals surface area contributed by atoms with Gasteiger partial charge in [0.1, 0.15) is 11.6 Å². The molecular weight excluding hydrogens is 314 g/mol. The Labute approximate surface area is 142 Å². The van der Waals surface area contributed by atoms with Gasteiger partial charge in [-0.05, 0) is 25.5 Å². The number of rotatable bonds is 6. The van der Waals surface area contributed by atoms with Gasteiger partial charge in [0.25, 0.3) is 0 Å². The first-order valence-electron chi connectivity index (χ1n) is 8.38. The van der Waals surface area contributed by atoms with Crippen molar-refractivity contribution in [2.75, 3.05) is 57.9 Å². The highest BCUT2D eigenvalue weighted by molar-refractivity contribution is 5.80. The summed E-state index contributed by atoms with van der Waals surface area (Å²) in [4.78, 5) is 8.64. The lowest BCUT2D eigenvalue weighted by atomic mass is 10.2. The lowest BCUT2D eigenvalue weighted by Crippen LogP contribution is -2.52. The van der Waals surface area contributed by atoms with Gasteiger partial charge in [-0.3, -0.25) is 4.99 Å². The number of halogens is 2. The van der Waals surface area contributed by atoms with Crippen molar-refractivity contribution in [3.05, 3.63) is 29.8 Å². The number of methoxy groups -OCH3 is 1. The summed E-state index contributed by atoms with van der Waals surface area (Å²) in [6.45, 7) is 6.90. The van der Waals surface area contributed by atoms with Crippen molar-refractivity contribution in [2.24, 2.45) is 4.99 Å². The van der Waals surface area contributed by atoms with Gasteiger partial charge < -0.3 is 19.9 Å². The maximum Gasteiger partial charge on any atom is 0.194 e. The summed E-state index contributed by atoms with van der Waals surface area (Å²) in [5, 5.41) is 3.29. The predicted molar refractivity (Wildman–Crippen MR) is 92.6 cm³/mol. The first-order valence-corrected chi connectivity index (χ1v) is 8.38. The topological polar surface area (TPSA) is 40.1 Å². The third-order valence-electron chi connectivity index (χ3n) is 3.93. The van der Waals surface area contributed by atoms with Gasteiger partial charge in [0.15, 0.2) is 5.96 Å². The zero-order valence-corrected chi connectivity index (χ0v) is 14.4. The fourth-order valence-corrected chi connectivity index (χ4v) is 2.71. The van der Waals surface area contributed by atoms with E-state index < -0.39 is 5.82 Å². The maximum absolute atomic E-state index is 13.9. The van der Waals surface area contributed by atoms with Crippen LogP contribution in [0.2, 0.25) is 0 Å². The number of nitrogens with zero attached hydrogens (tertiary/aromatic N) is 3. The molecule has 0 saturated carbocycles. The lowest BCUT2D eigenvalue weighted by Gasteiger charge is -2.37. The molecule has 2 rings (SSSR count). The van der Waals surface area contributed by atoms with Crippen molar-refractivity contribution in [2.45, 2.75) is 13.3 Å². The monoisotopic (exact) mass is 340 g/mol. The van der Waals surface area contributed by atoms with E-state index in [0.29, 0.717) is 45.0 Å². The van der Waals surface area contributed by atoms with E-state index in [0.717, 1.165) is 25.0 Å². The summed E-state index contributed by atoms with van der Waals surface area (Å²) in [7, 11) is 1.68. The highest BCUT2D eigenvalue weighted by Gasteiger charge is 2.21. The molecule has 5 nitrogen and oxygen atoms in total. The van der Waals surface area contributed by atoms with E-state index in [2.05, 4.69) is 15.2 Å². The fourth-order valence-electron chi connectivity index (χ4n) is 2.71. The Morgan fingerprint density at radius 3 is 2.67 bits per heavy atom. The van der Waals surface area contributed by atoms with Crippen LogP contribution in [0.4, 0.5) is 14.5 Å². The fraction of sp³-hybridized carbons (Fsp3) is 0.588. The second-order valence-corrected chi connectivity index (χ2v) is 5.65. The Balaban J connectivity index is 1.95. The molecule has 1 aromatic rings. The molecule has 0 spiro atoms. The molecular formula is C17H26F2N4O. The Hall–Kier alpha value is -1.89. The van der Waals surface area contributed by atoms with Crippen molar-refractivity contribution in [1.29, 1.82) is 0 Å². The van der Waals surface area contributed by atoms with Crippen LogP contribution in [0.25, 0.3) is 0 Å². The van der Waals surface area contributed by atoms with Crippen LogP contribution in [0.1, 0.15) is 13.3 Å². The molecule has 1 saturated heterocycles. The predicted octanol–water partition coefficient (Wildman–Crippen LogP) is 2.09. The normalized spacial score (nSPS) is 15.8. The van der Waals surface area contributed by atoms with Gasteiger partial charge in [-0.1, -0.05) is 0 Å². The zero-order valence-electron chi connectivity index (χ0n) is 14.4. The van der Waals surface area contributed by atoms with Crippen LogP contribution in [0.5, 0.6) is 0 Å². The molecule has 1 aliphatic heterocycles. The molecule has 0 unspecified atom stereocenters. The average Bonchev–Trinajstić information content (AvgIpc) is 2.60. The molecule has 24 heavy (non-hydrogen) atoms. The molecule has 1 N–H and O–H groups in total. The summed E-state index contributed by atoms with van der Waals surface area (Å²) in [6, 6.07) is 3.58. The maximum atomic E-state index is 13.9. The van der Waals surface area contributed by atoms with Crippen molar-refractivity contribution in [3.63, 3.8) is 0 Å². The van der Waals surface area contributed by atoms with Gasteiger partial charge in [0.05, 0.1) is 5.69 Å². The summed E-state index contributed by atoms with van der Waals surface area (Å²) in [5.41, 5.74) is 0.330. The minimum Gasteiger partial charge on any atom is -0.385 e. The molecule has 0 aliphatic carbocycles. The summed E-state index contributed by atoms with van der Waals surface area (Å²) >= 11 is 0. The highest BCUT2D eigenvalue weighted by Crippen LogP contribution is 2.21. The minimum absolute atomic E-state index is 0.330. The second kappa shape index (κ2) is 9.42. The Kier molecular flexibility index (Phi) is 7.24. The van der Waals surface area contributed by atoms with Crippen LogP contribution in [-0.4, -0.2) is 63.8 Å². The number of hydrogen-bond acceptors (Lipinski definition) is 3. The number of benzene rings is 1. The third kappa shape index (κ3) is 5.06. The molecule has 0 atom stereocenters. The van der Waals surface area contributed by atoms with Crippen molar-refractivity contribution in [3.8, 4) is 0 Å². The molecule has 134 valence electrons. The lowest BCUT2D eigenvalue weighted by molar-refractivity contribution is 0.197. The van der Waals surface area contributed by atoms with E-state index >= 15 is 0 Å². The highest BCUT2D eigenvalue weighted by atomic mass is 19.1. The van der Waals surface area contributed by atoms with Crippen LogP contribution >= 0.6 is 0 Å². The van der Waals surface area contributed by atoms with Crippen LogP contribution in [0.15, 0.2) is 23.2 Å². The number of aliphatic imine (C=N–C) groups is 1.